The van der Waals surface area contributed by atoms with Gasteiger partial charge in [-0.3, -0.25) is 14.4 Å². The zero-order valence-corrected chi connectivity index (χ0v) is 12.0. The molecule has 9 nitrogen and oxygen atoms in total. The van der Waals surface area contributed by atoms with Gasteiger partial charge < -0.3 is 24.2 Å². The molecular weight excluding hydrogens is 286 g/mol. The Morgan fingerprint density at radius 3 is 2.29 bits per heavy atom. The smallest absolute Gasteiger partial charge is 0.312 e. The summed E-state index contributed by atoms with van der Waals surface area (Å²) in [7, 11) is 0. The number of carbonyl (C=O) groups is 3. The molecule has 0 saturated carbocycles. The number of rotatable bonds is 6. The van der Waals surface area contributed by atoms with Gasteiger partial charge in [-0.1, -0.05) is 6.92 Å². The van der Waals surface area contributed by atoms with Crippen LogP contribution in [-0.2, 0) is 33.4 Å². The van der Waals surface area contributed by atoms with E-state index in [1.165, 1.54) is 6.92 Å². The van der Waals surface area contributed by atoms with Crippen LogP contribution in [0.1, 0.15) is 27.2 Å². The van der Waals surface area contributed by atoms with Gasteiger partial charge in [-0.25, -0.2) is 0 Å². The lowest BCUT2D eigenvalue weighted by Crippen LogP contribution is -2.64. The van der Waals surface area contributed by atoms with Crippen molar-refractivity contribution in [2.45, 2.75) is 57.8 Å². The monoisotopic (exact) mass is 305 g/mol. The molecule has 0 bridgehead atoms. The Bertz CT molecular complexity index is 387. The summed E-state index contributed by atoms with van der Waals surface area (Å²) in [5, 5.41) is 9.92. The van der Waals surface area contributed by atoms with E-state index in [-0.39, 0.29) is 6.47 Å². The van der Waals surface area contributed by atoms with Crippen molar-refractivity contribution in [1.29, 1.82) is 0 Å². The van der Waals surface area contributed by atoms with Crippen LogP contribution in [0.4, 0.5) is 0 Å². The van der Waals surface area contributed by atoms with Gasteiger partial charge in [-0.05, 0) is 6.42 Å². The Kier molecular flexibility index (Phi) is 6.53. The van der Waals surface area contributed by atoms with Crippen LogP contribution in [-0.4, -0.2) is 54.2 Å². The molecule has 1 rings (SSSR count). The number of hydrogen-bond acceptors (Lipinski definition) is 9. The second-order valence-electron chi connectivity index (χ2n) is 4.48. The first-order chi connectivity index (χ1) is 9.90. The minimum Gasteiger partial charge on any atom is -0.456 e. The van der Waals surface area contributed by atoms with Crippen molar-refractivity contribution in [3.63, 3.8) is 0 Å². The van der Waals surface area contributed by atoms with E-state index in [1.807, 2.05) is 0 Å². The summed E-state index contributed by atoms with van der Waals surface area (Å²) in [5.74, 6) is -1.32. The van der Waals surface area contributed by atoms with Crippen LogP contribution in [0, 0.1) is 0 Å². The van der Waals surface area contributed by atoms with E-state index >= 15 is 0 Å². The molecule has 1 aliphatic rings. The number of nitrogens with one attached hydrogen (secondary N) is 1. The van der Waals surface area contributed by atoms with Gasteiger partial charge >= 0.3 is 18.4 Å². The minimum atomic E-state index is -1.46. The van der Waals surface area contributed by atoms with Crippen LogP contribution in [0.3, 0.4) is 0 Å². The lowest BCUT2D eigenvalue weighted by atomic mass is 9.95. The van der Waals surface area contributed by atoms with Crippen LogP contribution in [0.5, 0.6) is 0 Å². The van der Waals surface area contributed by atoms with Gasteiger partial charge in [0.25, 0.3) is 0 Å². The van der Waals surface area contributed by atoms with E-state index in [2.05, 4.69) is 10.3 Å². The summed E-state index contributed by atoms with van der Waals surface area (Å²) in [5.41, 5.74) is 2.38. The van der Waals surface area contributed by atoms with Crippen molar-refractivity contribution in [2.24, 2.45) is 0 Å². The number of ether oxygens (including phenoxy) is 3. The highest BCUT2D eigenvalue weighted by Gasteiger charge is 2.49. The summed E-state index contributed by atoms with van der Waals surface area (Å²) < 4.78 is 15.3. The molecule has 2 N–H and O–H groups in total. The molecule has 9 heteroatoms. The van der Waals surface area contributed by atoms with E-state index in [0.29, 0.717) is 6.42 Å². The molecule has 0 aromatic heterocycles. The molecule has 0 radical (unpaired) electrons. The largest absolute Gasteiger partial charge is 0.456 e. The Balaban J connectivity index is 3.01. The highest BCUT2D eigenvalue weighted by molar-refractivity contribution is 5.67. The molecule has 5 atom stereocenters. The Labute approximate surface area is 121 Å². The van der Waals surface area contributed by atoms with Gasteiger partial charge in [0.2, 0.25) is 0 Å². The van der Waals surface area contributed by atoms with Crippen LogP contribution in [0.25, 0.3) is 0 Å². The molecule has 1 fully saturated rings. The zero-order chi connectivity index (χ0) is 16.0. The van der Waals surface area contributed by atoms with Gasteiger partial charge in [-0.15, -0.1) is 5.48 Å². The number of aliphatic hydroxyl groups excluding tert-OH is 1. The van der Waals surface area contributed by atoms with Gasteiger partial charge in [0.05, 0.1) is 6.10 Å². The zero-order valence-electron chi connectivity index (χ0n) is 12.0. The van der Waals surface area contributed by atoms with Crippen molar-refractivity contribution in [1.82, 2.24) is 5.48 Å². The maximum absolute atomic E-state index is 11.2. The number of esters is 2. The summed E-state index contributed by atoms with van der Waals surface area (Å²) in [6.07, 6.45) is -3.95. The molecule has 0 amide bonds. The second kappa shape index (κ2) is 7.91. The van der Waals surface area contributed by atoms with Crippen molar-refractivity contribution in [2.75, 3.05) is 0 Å². The first-order valence-electron chi connectivity index (χ1n) is 6.43. The molecule has 0 spiro atoms. The molecule has 1 heterocycles. The van der Waals surface area contributed by atoms with E-state index in [1.54, 1.807) is 6.92 Å². The highest BCUT2D eigenvalue weighted by atomic mass is 16.7. The number of hydrogen-bond donors (Lipinski definition) is 2. The van der Waals surface area contributed by atoms with Crippen LogP contribution in [0.2, 0.25) is 0 Å². The standard InChI is InChI=1S/C12H19NO8/c1-4-8-9(13-18-5-14)10(19-6(2)15)11(12(17)21-8)20-7(3)16/h5,8-13,17H,4H2,1-3H3/t8-,9?,10+,11+,12?/m1/s1. The van der Waals surface area contributed by atoms with Crippen molar-refractivity contribution >= 4 is 18.4 Å². The molecule has 21 heavy (non-hydrogen) atoms. The Hall–Kier alpha value is -1.71. The van der Waals surface area contributed by atoms with Gasteiger partial charge in [0.1, 0.15) is 6.04 Å². The third-order valence-electron chi connectivity index (χ3n) is 2.93. The molecule has 120 valence electrons. The SMILES string of the molecule is CC[C@H]1OC(O)[C@@H](OC(C)=O)[C@@H](OC(C)=O)C1NOC=O. The fourth-order valence-corrected chi connectivity index (χ4v) is 2.17. The van der Waals surface area contributed by atoms with Crippen molar-refractivity contribution in [3.05, 3.63) is 0 Å². The maximum Gasteiger partial charge on any atom is 0.312 e. The predicted molar refractivity (Wildman–Crippen MR) is 66.4 cm³/mol. The summed E-state index contributed by atoms with van der Waals surface area (Å²) in [6, 6.07) is -0.795. The fourth-order valence-electron chi connectivity index (χ4n) is 2.17. The third-order valence-corrected chi connectivity index (χ3v) is 2.93. The maximum atomic E-state index is 11.2. The van der Waals surface area contributed by atoms with Gasteiger partial charge in [0.15, 0.2) is 18.5 Å². The molecular formula is C12H19NO8. The normalized spacial score (nSPS) is 32.1. The topological polar surface area (TPSA) is 120 Å². The average Bonchev–Trinajstić information content (AvgIpc) is 2.40. The van der Waals surface area contributed by atoms with Gasteiger partial charge in [-0.2, -0.15) is 0 Å². The average molecular weight is 305 g/mol. The highest BCUT2D eigenvalue weighted by Crippen LogP contribution is 2.26. The fraction of sp³-hybridized carbons (Fsp3) is 0.750. The summed E-state index contributed by atoms with van der Waals surface area (Å²) in [6.45, 7) is 4.24. The molecule has 2 unspecified atom stereocenters. The van der Waals surface area contributed by atoms with Crippen molar-refractivity contribution in [3.8, 4) is 0 Å². The first-order valence-corrected chi connectivity index (χ1v) is 6.43. The Morgan fingerprint density at radius 1 is 1.24 bits per heavy atom. The van der Waals surface area contributed by atoms with E-state index in [9.17, 15) is 19.5 Å². The number of hydroxylamine groups is 1. The lowest BCUT2D eigenvalue weighted by Gasteiger charge is -2.43. The van der Waals surface area contributed by atoms with Crippen molar-refractivity contribution < 1.29 is 38.5 Å². The predicted octanol–water partition coefficient (Wildman–Crippen LogP) is -0.977. The quantitative estimate of drug-likeness (QED) is 0.276. The van der Waals surface area contributed by atoms with E-state index in [4.69, 9.17) is 14.2 Å². The summed E-state index contributed by atoms with van der Waals surface area (Å²) >= 11 is 0. The second-order valence-corrected chi connectivity index (χ2v) is 4.48. The number of carbonyl (C=O) groups excluding carboxylic acids is 3. The van der Waals surface area contributed by atoms with Crippen LogP contribution >= 0.6 is 0 Å². The van der Waals surface area contributed by atoms with E-state index < -0.39 is 42.6 Å². The van der Waals surface area contributed by atoms with Gasteiger partial charge in [0, 0.05) is 13.8 Å². The lowest BCUT2D eigenvalue weighted by molar-refractivity contribution is -0.275. The molecule has 1 aliphatic heterocycles. The minimum absolute atomic E-state index is 0.156. The summed E-state index contributed by atoms with van der Waals surface area (Å²) in [4.78, 5) is 37.2. The Morgan fingerprint density at radius 2 is 1.81 bits per heavy atom. The molecule has 1 saturated heterocycles. The molecule has 0 aromatic carbocycles. The molecule has 0 aromatic rings. The van der Waals surface area contributed by atoms with Crippen LogP contribution < -0.4 is 5.48 Å². The number of aliphatic hydroxyl groups is 1. The molecule has 0 aliphatic carbocycles. The van der Waals surface area contributed by atoms with E-state index in [0.717, 1.165) is 6.92 Å². The van der Waals surface area contributed by atoms with Crippen LogP contribution in [0.15, 0.2) is 0 Å². The first kappa shape index (κ1) is 17.3. The third kappa shape index (κ3) is 4.66.